The van der Waals surface area contributed by atoms with E-state index in [1.54, 1.807) is 11.0 Å². The minimum atomic E-state index is -3.88. The Morgan fingerprint density at radius 1 is 1.39 bits per heavy atom. The quantitative estimate of drug-likeness (QED) is 0.492. The first-order chi connectivity index (χ1) is 14.7. The SMILES string of the molecule is C=CC(=O)c1ccncc1NC(=O)CCN1CC(C#N)Cc2ccc(S(N)(=O)=O)cc21. The van der Waals surface area contributed by atoms with Crippen LogP contribution < -0.4 is 15.4 Å². The number of sulfonamides is 1. The fourth-order valence-corrected chi connectivity index (χ4v) is 3.98. The van der Waals surface area contributed by atoms with Crippen LogP contribution in [0.4, 0.5) is 11.4 Å². The molecular weight excluding hydrogens is 418 g/mol. The van der Waals surface area contributed by atoms with Crippen molar-refractivity contribution in [2.75, 3.05) is 23.3 Å². The Morgan fingerprint density at radius 3 is 2.84 bits per heavy atom. The number of pyridine rings is 1. The van der Waals surface area contributed by atoms with Crippen molar-refractivity contribution in [2.24, 2.45) is 11.1 Å². The molecule has 0 radical (unpaired) electrons. The monoisotopic (exact) mass is 439 g/mol. The highest BCUT2D eigenvalue weighted by Gasteiger charge is 2.26. The number of carbonyl (C=O) groups excluding carboxylic acids is 2. The molecule has 1 atom stereocenters. The molecular formula is C21H21N5O4S. The van der Waals surface area contributed by atoms with E-state index < -0.39 is 10.0 Å². The van der Waals surface area contributed by atoms with Crippen molar-refractivity contribution in [3.05, 3.63) is 60.4 Å². The number of nitrogens with zero attached hydrogens (tertiary/aromatic N) is 3. The number of carbonyl (C=O) groups is 2. The largest absolute Gasteiger partial charge is 0.369 e. The van der Waals surface area contributed by atoms with E-state index in [9.17, 15) is 23.3 Å². The second-order valence-corrected chi connectivity index (χ2v) is 8.66. The first-order valence-electron chi connectivity index (χ1n) is 9.44. The van der Waals surface area contributed by atoms with Crippen LogP contribution in [0.5, 0.6) is 0 Å². The molecule has 0 saturated heterocycles. The predicted molar refractivity (Wildman–Crippen MR) is 115 cm³/mol. The van der Waals surface area contributed by atoms with Crippen molar-refractivity contribution in [2.45, 2.75) is 17.7 Å². The summed E-state index contributed by atoms with van der Waals surface area (Å²) in [4.78, 5) is 30.2. The van der Waals surface area contributed by atoms with Crippen molar-refractivity contribution in [3.63, 3.8) is 0 Å². The Bertz CT molecular complexity index is 1190. The topological polar surface area (TPSA) is 146 Å². The van der Waals surface area contributed by atoms with Crippen LogP contribution in [0.3, 0.4) is 0 Å². The van der Waals surface area contributed by atoms with Gasteiger partial charge >= 0.3 is 0 Å². The van der Waals surface area contributed by atoms with Crippen LogP contribution >= 0.6 is 0 Å². The van der Waals surface area contributed by atoms with Crippen LogP contribution in [-0.2, 0) is 21.2 Å². The lowest BCUT2D eigenvalue weighted by Gasteiger charge is -2.34. The van der Waals surface area contributed by atoms with Crippen molar-refractivity contribution < 1.29 is 18.0 Å². The third kappa shape index (κ3) is 5.14. The highest BCUT2D eigenvalue weighted by atomic mass is 32.2. The lowest BCUT2D eigenvalue weighted by Crippen LogP contribution is -2.37. The fraction of sp³-hybridized carbons (Fsp3) is 0.238. The summed E-state index contributed by atoms with van der Waals surface area (Å²) in [6, 6.07) is 8.26. The van der Waals surface area contributed by atoms with Crippen molar-refractivity contribution >= 4 is 33.1 Å². The smallest absolute Gasteiger partial charge is 0.238 e. The number of nitrogens with one attached hydrogen (secondary N) is 1. The van der Waals surface area contributed by atoms with Gasteiger partial charge in [-0.1, -0.05) is 12.6 Å². The molecule has 1 unspecified atom stereocenters. The Kier molecular flexibility index (Phi) is 6.48. The Labute approximate surface area is 180 Å². The molecule has 3 rings (SSSR count). The number of allylic oxidation sites excluding steroid dienone is 1. The highest BCUT2D eigenvalue weighted by Crippen LogP contribution is 2.31. The predicted octanol–water partition coefficient (Wildman–Crippen LogP) is 1.63. The average Bonchev–Trinajstić information content (AvgIpc) is 2.76. The van der Waals surface area contributed by atoms with Crippen LogP contribution in [-0.4, -0.2) is 38.2 Å². The van der Waals surface area contributed by atoms with Gasteiger partial charge in [0.15, 0.2) is 5.78 Å². The van der Waals surface area contributed by atoms with Crippen LogP contribution in [0.15, 0.2) is 54.2 Å². The first-order valence-corrected chi connectivity index (χ1v) is 11.0. The molecule has 0 spiro atoms. The molecule has 2 aromatic rings. The lowest BCUT2D eigenvalue weighted by molar-refractivity contribution is -0.116. The molecule has 0 aliphatic carbocycles. The third-order valence-corrected chi connectivity index (χ3v) is 5.88. The van der Waals surface area contributed by atoms with E-state index >= 15 is 0 Å². The van der Waals surface area contributed by atoms with Gasteiger partial charge in [0.25, 0.3) is 0 Å². The Morgan fingerprint density at radius 2 is 2.16 bits per heavy atom. The minimum Gasteiger partial charge on any atom is -0.369 e. The summed E-state index contributed by atoms with van der Waals surface area (Å²) in [5, 5.41) is 17.3. The van der Waals surface area contributed by atoms with E-state index in [-0.39, 0.29) is 46.7 Å². The molecule has 1 aliphatic heterocycles. The zero-order valence-electron chi connectivity index (χ0n) is 16.6. The van der Waals surface area contributed by atoms with Crippen molar-refractivity contribution in [3.8, 4) is 6.07 Å². The molecule has 0 bridgehead atoms. The Hall–Kier alpha value is -3.55. The maximum Gasteiger partial charge on any atom is 0.238 e. The molecule has 3 N–H and O–H groups in total. The summed E-state index contributed by atoms with van der Waals surface area (Å²) in [5.74, 6) is -0.976. The number of rotatable bonds is 7. The Balaban J connectivity index is 1.77. The summed E-state index contributed by atoms with van der Waals surface area (Å²) < 4.78 is 23.5. The molecule has 2 heterocycles. The molecule has 10 heteroatoms. The molecule has 0 fully saturated rings. The highest BCUT2D eigenvalue weighted by molar-refractivity contribution is 7.89. The van der Waals surface area contributed by atoms with Gasteiger partial charge in [0.1, 0.15) is 0 Å². The maximum absolute atomic E-state index is 12.5. The standard InChI is InChI=1S/C21H21N5O4S/c1-2-20(27)17-5-7-24-12-18(17)25-21(28)6-8-26-13-14(11-22)9-15-3-4-16(10-19(15)26)31(23,29)30/h2-5,7,10,12,14H,1,6,8-9,13H2,(H,25,28)(H2,23,29,30). The summed E-state index contributed by atoms with van der Waals surface area (Å²) in [5.41, 5.74) is 2.01. The molecule has 31 heavy (non-hydrogen) atoms. The van der Waals surface area contributed by atoms with Crippen LogP contribution in [0, 0.1) is 17.2 Å². The van der Waals surface area contributed by atoms with Crippen LogP contribution in [0.2, 0.25) is 0 Å². The van der Waals surface area contributed by atoms with E-state index in [1.165, 1.54) is 30.6 Å². The summed E-state index contributed by atoms with van der Waals surface area (Å²) >= 11 is 0. The third-order valence-electron chi connectivity index (χ3n) is 4.97. The van der Waals surface area contributed by atoms with Crippen LogP contribution in [0.25, 0.3) is 0 Å². The number of amides is 1. The molecule has 0 saturated carbocycles. The van der Waals surface area contributed by atoms with Gasteiger partial charge in [-0.3, -0.25) is 14.6 Å². The van der Waals surface area contributed by atoms with Gasteiger partial charge in [0.2, 0.25) is 15.9 Å². The normalized spacial score (nSPS) is 15.5. The van der Waals surface area contributed by atoms with Gasteiger partial charge in [-0.15, -0.1) is 0 Å². The number of nitrogens with two attached hydrogens (primary N) is 1. The number of aromatic nitrogens is 1. The van der Waals surface area contributed by atoms with Crippen molar-refractivity contribution in [1.82, 2.24) is 4.98 Å². The molecule has 1 aliphatic rings. The van der Waals surface area contributed by atoms with Gasteiger partial charge in [0.05, 0.1) is 28.8 Å². The number of ketones is 1. The summed E-state index contributed by atoms with van der Waals surface area (Å²) in [6.07, 6.45) is 4.52. The number of benzene rings is 1. The van der Waals surface area contributed by atoms with Gasteiger partial charge in [-0.2, -0.15) is 5.26 Å². The second-order valence-electron chi connectivity index (χ2n) is 7.10. The zero-order valence-corrected chi connectivity index (χ0v) is 17.4. The van der Waals surface area contributed by atoms with Gasteiger partial charge < -0.3 is 10.2 Å². The number of nitriles is 1. The zero-order chi connectivity index (χ0) is 22.6. The van der Waals surface area contributed by atoms with Gasteiger partial charge in [-0.05, 0) is 36.3 Å². The lowest BCUT2D eigenvalue weighted by atomic mass is 9.93. The second kappa shape index (κ2) is 9.07. The van der Waals surface area contributed by atoms with Crippen LogP contribution in [0.1, 0.15) is 22.3 Å². The maximum atomic E-state index is 12.5. The number of anilines is 2. The molecule has 1 aromatic heterocycles. The molecule has 160 valence electrons. The van der Waals surface area contributed by atoms with Crippen molar-refractivity contribution in [1.29, 1.82) is 5.26 Å². The minimum absolute atomic E-state index is 0.0287. The number of primary sulfonamides is 1. The van der Waals surface area contributed by atoms with E-state index in [1.807, 2.05) is 0 Å². The molecule has 9 nitrogen and oxygen atoms in total. The molecule has 1 aromatic carbocycles. The summed E-state index contributed by atoms with van der Waals surface area (Å²) in [6.45, 7) is 4.05. The fourth-order valence-electron chi connectivity index (χ4n) is 3.45. The van der Waals surface area contributed by atoms with Gasteiger partial charge in [-0.25, -0.2) is 13.6 Å². The number of hydrogen-bond donors (Lipinski definition) is 2. The first kappa shape index (κ1) is 22.1. The van der Waals surface area contributed by atoms with Gasteiger partial charge in [0, 0.05) is 37.0 Å². The van der Waals surface area contributed by atoms with E-state index in [0.29, 0.717) is 18.7 Å². The average molecular weight is 439 g/mol. The van der Waals surface area contributed by atoms with E-state index in [4.69, 9.17) is 5.14 Å². The van der Waals surface area contributed by atoms with E-state index in [2.05, 4.69) is 22.9 Å². The number of hydrogen-bond acceptors (Lipinski definition) is 7. The summed E-state index contributed by atoms with van der Waals surface area (Å²) in [7, 11) is -3.88. The number of fused-ring (bicyclic) bond motifs is 1. The molecule has 1 amide bonds. The van der Waals surface area contributed by atoms with E-state index in [0.717, 1.165) is 11.6 Å².